The maximum atomic E-state index is 13.8. The maximum Gasteiger partial charge on any atom is 0.293 e. The fourth-order valence-corrected chi connectivity index (χ4v) is 4.64. The van der Waals surface area contributed by atoms with Crippen LogP contribution in [0.15, 0.2) is 71.6 Å². The SMILES string of the molecule is Cc1ccc(C(C)C)c(OCCN2C(=O)S/C(=C\c3ccc(OCc4ccccc4F)cc3)C2=O)c1. The fourth-order valence-electron chi connectivity index (χ4n) is 3.77. The molecule has 1 aliphatic rings. The second kappa shape index (κ2) is 11.4. The number of hydrogen-bond acceptors (Lipinski definition) is 5. The molecule has 7 heteroatoms. The molecule has 0 atom stereocenters. The average Bonchev–Trinajstić information content (AvgIpc) is 3.11. The standard InChI is InChI=1S/C29H28FNO4S/c1-19(2)24-13-8-20(3)16-26(24)34-15-14-31-28(32)27(36-29(31)33)17-21-9-11-23(12-10-21)35-18-22-6-4-5-7-25(22)30/h4-13,16-17,19H,14-15,18H2,1-3H3/b27-17-. The molecule has 5 nitrogen and oxygen atoms in total. The van der Waals surface area contributed by atoms with Crippen molar-refractivity contribution in [1.29, 1.82) is 0 Å². The number of amides is 2. The van der Waals surface area contributed by atoms with E-state index in [0.29, 0.717) is 22.1 Å². The molecular weight excluding hydrogens is 477 g/mol. The summed E-state index contributed by atoms with van der Waals surface area (Å²) >= 11 is 0.917. The highest BCUT2D eigenvalue weighted by Gasteiger charge is 2.34. The van der Waals surface area contributed by atoms with Gasteiger partial charge in [-0.2, -0.15) is 0 Å². The van der Waals surface area contributed by atoms with Crippen LogP contribution in [-0.4, -0.2) is 29.2 Å². The lowest BCUT2D eigenvalue weighted by molar-refractivity contribution is -0.123. The lowest BCUT2D eigenvalue weighted by atomic mass is 10.0. The fraction of sp³-hybridized carbons (Fsp3) is 0.241. The smallest absolute Gasteiger partial charge is 0.293 e. The van der Waals surface area contributed by atoms with Crippen LogP contribution in [0, 0.1) is 12.7 Å². The van der Waals surface area contributed by atoms with Gasteiger partial charge in [-0.25, -0.2) is 4.39 Å². The Morgan fingerprint density at radius 2 is 1.75 bits per heavy atom. The molecule has 0 spiro atoms. The highest BCUT2D eigenvalue weighted by molar-refractivity contribution is 8.18. The normalized spacial score (nSPS) is 14.7. The lowest BCUT2D eigenvalue weighted by Crippen LogP contribution is -2.32. The number of nitrogens with zero attached hydrogens (tertiary/aromatic N) is 1. The van der Waals surface area contributed by atoms with Crippen molar-refractivity contribution >= 4 is 29.0 Å². The number of imide groups is 1. The van der Waals surface area contributed by atoms with Crippen molar-refractivity contribution in [2.24, 2.45) is 0 Å². The third-order valence-electron chi connectivity index (χ3n) is 5.77. The molecule has 0 radical (unpaired) electrons. The highest BCUT2D eigenvalue weighted by atomic mass is 32.2. The zero-order valence-electron chi connectivity index (χ0n) is 20.5. The van der Waals surface area contributed by atoms with E-state index in [1.807, 2.05) is 19.1 Å². The number of rotatable bonds is 9. The largest absolute Gasteiger partial charge is 0.491 e. The molecule has 3 aromatic rings. The van der Waals surface area contributed by atoms with Crippen LogP contribution < -0.4 is 9.47 Å². The molecule has 0 unspecified atom stereocenters. The number of aryl methyl sites for hydroxylation is 1. The Hall–Kier alpha value is -3.58. The van der Waals surface area contributed by atoms with Gasteiger partial charge in [0.2, 0.25) is 0 Å². The number of carbonyl (C=O) groups excluding carboxylic acids is 2. The molecule has 1 heterocycles. The van der Waals surface area contributed by atoms with Gasteiger partial charge in [-0.1, -0.05) is 56.3 Å². The molecule has 186 valence electrons. The third kappa shape index (κ3) is 6.15. The quantitative estimate of drug-likeness (QED) is 0.295. The van der Waals surface area contributed by atoms with Gasteiger partial charge in [-0.3, -0.25) is 14.5 Å². The number of thioether (sulfide) groups is 1. The summed E-state index contributed by atoms with van der Waals surface area (Å²) in [6, 6.07) is 19.6. The Balaban J connectivity index is 1.35. The molecule has 0 saturated carbocycles. The first-order valence-corrected chi connectivity index (χ1v) is 12.6. The molecule has 36 heavy (non-hydrogen) atoms. The van der Waals surface area contributed by atoms with Crippen LogP contribution in [0.1, 0.15) is 42.0 Å². The van der Waals surface area contributed by atoms with Gasteiger partial charge < -0.3 is 9.47 Å². The number of carbonyl (C=O) groups is 2. The van der Waals surface area contributed by atoms with E-state index in [2.05, 4.69) is 19.9 Å². The van der Waals surface area contributed by atoms with E-state index in [4.69, 9.17) is 9.47 Å². The van der Waals surface area contributed by atoms with Crippen LogP contribution in [0.2, 0.25) is 0 Å². The van der Waals surface area contributed by atoms with Gasteiger partial charge in [-0.15, -0.1) is 0 Å². The first-order valence-electron chi connectivity index (χ1n) is 11.8. The van der Waals surface area contributed by atoms with Crippen molar-refractivity contribution in [2.75, 3.05) is 13.2 Å². The average molecular weight is 506 g/mol. The second-order valence-corrected chi connectivity index (χ2v) is 9.82. The Kier molecular flexibility index (Phi) is 8.10. The van der Waals surface area contributed by atoms with E-state index in [0.717, 1.165) is 34.2 Å². The molecule has 0 aliphatic carbocycles. The van der Waals surface area contributed by atoms with E-state index in [1.54, 1.807) is 48.5 Å². The zero-order valence-corrected chi connectivity index (χ0v) is 21.3. The van der Waals surface area contributed by atoms with Crippen molar-refractivity contribution in [1.82, 2.24) is 4.90 Å². The molecule has 4 rings (SSSR count). The molecule has 1 aliphatic heterocycles. The molecule has 0 N–H and O–H groups in total. The van der Waals surface area contributed by atoms with Gasteiger partial charge in [0.05, 0.1) is 11.4 Å². The summed E-state index contributed by atoms with van der Waals surface area (Å²) in [6.45, 7) is 6.72. The minimum atomic E-state index is -0.332. The summed E-state index contributed by atoms with van der Waals surface area (Å²) in [6.07, 6.45) is 1.68. The zero-order chi connectivity index (χ0) is 25.7. The lowest BCUT2D eigenvalue weighted by Gasteiger charge is -2.17. The minimum Gasteiger partial charge on any atom is -0.491 e. The Bertz CT molecular complexity index is 1290. The summed E-state index contributed by atoms with van der Waals surface area (Å²) in [7, 11) is 0. The van der Waals surface area contributed by atoms with Crippen LogP contribution in [-0.2, 0) is 11.4 Å². The van der Waals surface area contributed by atoms with Crippen LogP contribution in [0.4, 0.5) is 9.18 Å². The highest BCUT2D eigenvalue weighted by Crippen LogP contribution is 2.33. The van der Waals surface area contributed by atoms with Crippen molar-refractivity contribution in [3.8, 4) is 11.5 Å². The number of halogens is 1. The molecule has 1 fully saturated rings. The van der Waals surface area contributed by atoms with Crippen molar-refractivity contribution in [3.05, 3.63) is 99.7 Å². The topological polar surface area (TPSA) is 55.8 Å². The van der Waals surface area contributed by atoms with Crippen LogP contribution in [0.5, 0.6) is 11.5 Å². The summed E-state index contributed by atoms with van der Waals surface area (Å²) in [4.78, 5) is 26.9. The van der Waals surface area contributed by atoms with Gasteiger partial charge in [0.25, 0.3) is 11.1 Å². The van der Waals surface area contributed by atoms with Crippen molar-refractivity contribution in [3.63, 3.8) is 0 Å². The number of hydrogen-bond donors (Lipinski definition) is 0. The molecule has 2 amide bonds. The monoisotopic (exact) mass is 505 g/mol. The van der Waals surface area contributed by atoms with Gasteiger partial charge in [0.1, 0.15) is 30.5 Å². The minimum absolute atomic E-state index is 0.119. The van der Waals surface area contributed by atoms with Crippen molar-refractivity contribution < 1.29 is 23.5 Å². The second-order valence-electron chi connectivity index (χ2n) is 8.83. The van der Waals surface area contributed by atoms with Crippen LogP contribution in [0.25, 0.3) is 6.08 Å². The maximum absolute atomic E-state index is 13.8. The summed E-state index contributed by atoms with van der Waals surface area (Å²) < 4.78 is 25.4. The van der Waals surface area contributed by atoms with E-state index >= 15 is 0 Å². The molecular formula is C29H28FNO4S. The molecule has 0 aromatic heterocycles. The first kappa shape index (κ1) is 25.5. The van der Waals surface area contributed by atoms with Gasteiger partial charge >= 0.3 is 0 Å². The van der Waals surface area contributed by atoms with Gasteiger partial charge in [0, 0.05) is 5.56 Å². The Morgan fingerprint density at radius 1 is 1.00 bits per heavy atom. The summed E-state index contributed by atoms with van der Waals surface area (Å²) in [5.74, 6) is 1.02. The first-order chi connectivity index (χ1) is 17.3. The molecule has 3 aromatic carbocycles. The molecule has 1 saturated heterocycles. The number of benzene rings is 3. The van der Waals surface area contributed by atoms with Gasteiger partial charge in [-0.05, 0) is 71.6 Å². The van der Waals surface area contributed by atoms with E-state index in [1.165, 1.54) is 11.0 Å². The predicted octanol–water partition coefficient (Wildman–Crippen LogP) is 6.95. The van der Waals surface area contributed by atoms with Gasteiger partial charge in [0.15, 0.2) is 0 Å². The van der Waals surface area contributed by atoms with E-state index < -0.39 is 0 Å². The summed E-state index contributed by atoms with van der Waals surface area (Å²) in [5.41, 5.74) is 3.42. The number of ether oxygens (including phenoxy) is 2. The van der Waals surface area contributed by atoms with E-state index in [-0.39, 0.29) is 36.7 Å². The van der Waals surface area contributed by atoms with Crippen LogP contribution in [0.3, 0.4) is 0 Å². The Labute approximate surface area is 214 Å². The Morgan fingerprint density at radius 3 is 2.47 bits per heavy atom. The van der Waals surface area contributed by atoms with Crippen LogP contribution >= 0.6 is 11.8 Å². The predicted molar refractivity (Wildman–Crippen MR) is 141 cm³/mol. The molecule has 0 bridgehead atoms. The third-order valence-corrected chi connectivity index (χ3v) is 6.67. The van der Waals surface area contributed by atoms with E-state index in [9.17, 15) is 14.0 Å². The summed E-state index contributed by atoms with van der Waals surface area (Å²) in [5, 5.41) is -0.312. The van der Waals surface area contributed by atoms with Crippen molar-refractivity contribution in [2.45, 2.75) is 33.3 Å².